The number of alkyl halides is 3. The lowest BCUT2D eigenvalue weighted by atomic mass is 10.1. The molecule has 0 radical (unpaired) electrons. The van der Waals surface area contributed by atoms with Gasteiger partial charge in [0.05, 0.1) is 5.56 Å². The molecule has 1 fully saturated rings. The van der Waals surface area contributed by atoms with Crippen molar-refractivity contribution in [3.63, 3.8) is 0 Å². The van der Waals surface area contributed by atoms with Gasteiger partial charge in [0.25, 0.3) is 0 Å². The quantitative estimate of drug-likeness (QED) is 0.841. The van der Waals surface area contributed by atoms with E-state index < -0.39 is 11.7 Å². The minimum atomic E-state index is -4.25. The summed E-state index contributed by atoms with van der Waals surface area (Å²) in [6, 6.07) is 6.05. The first kappa shape index (κ1) is 15.3. The van der Waals surface area contributed by atoms with Crippen molar-refractivity contribution in [3.05, 3.63) is 35.4 Å². The first-order chi connectivity index (χ1) is 9.36. The minimum absolute atomic E-state index is 0.559. The monoisotopic (exact) mass is 286 g/mol. The lowest BCUT2D eigenvalue weighted by Crippen LogP contribution is -2.48. The Bertz CT molecular complexity index is 418. The van der Waals surface area contributed by atoms with Crippen molar-refractivity contribution < 1.29 is 13.2 Å². The van der Waals surface area contributed by atoms with E-state index in [-0.39, 0.29) is 0 Å². The molecule has 0 N–H and O–H groups in total. The number of hydrogen-bond acceptors (Lipinski definition) is 2. The molecule has 0 bridgehead atoms. The van der Waals surface area contributed by atoms with E-state index in [0.29, 0.717) is 6.04 Å². The van der Waals surface area contributed by atoms with Gasteiger partial charge in [0.15, 0.2) is 0 Å². The molecule has 0 spiro atoms. The van der Waals surface area contributed by atoms with E-state index in [9.17, 15) is 13.2 Å². The van der Waals surface area contributed by atoms with Crippen molar-refractivity contribution in [1.82, 2.24) is 9.80 Å². The summed E-state index contributed by atoms with van der Waals surface area (Å²) in [5.74, 6) is 0. The Morgan fingerprint density at radius 3 is 2.00 bits per heavy atom. The van der Waals surface area contributed by atoms with Gasteiger partial charge in [0, 0.05) is 38.8 Å². The van der Waals surface area contributed by atoms with Gasteiger partial charge in [0.1, 0.15) is 0 Å². The highest BCUT2D eigenvalue weighted by molar-refractivity contribution is 5.24. The maximum absolute atomic E-state index is 12.5. The Morgan fingerprint density at radius 2 is 1.55 bits per heavy atom. The first-order valence-corrected chi connectivity index (χ1v) is 6.99. The summed E-state index contributed by atoms with van der Waals surface area (Å²) in [5, 5.41) is 0. The molecular weight excluding hydrogens is 265 g/mol. The van der Waals surface area contributed by atoms with Crippen LogP contribution in [0.15, 0.2) is 24.3 Å². The van der Waals surface area contributed by atoms with Gasteiger partial charge in [-0.25, -0.2) is 0 Å². The van der Waals surface area contributed by atoms with Gasteiger partial charge in [-0.05, 0) is 31.5 Å². The van der Waals surface area contributed by atoms with Gasteiger partial charge in [-0.3, -0.25) is 9.80 Å². The van der Waals surface area contributed by atoms with Crippen LogP contribution in [0.2, 0.25) is 0 Å². The second kappa shape index (κ2) is 6.14. The van der Waals surface area contributed by atoms with Gasteiger partial charge in [-0.2, -0.15) is 13.2 Å². The molecule has 1 aromatic carbocycles. The predicted molar refractivity (Wildman–Crippen MR) is 73.4 cm³/mol. The van der Waals surface area contributed by atoms with Crippen LogP contribution in [0.4, 0.5) is 13.2 Å². The van der Waals surface area contributed by atoms with Crippen LogP contribution in [-0.4, -0.2) is 42.0 Å². The van der Waals surface area contributed by atoms with E-state index in [2.05, 4.69) is 23.6 Å². The molecule has 1 heterocycles. The van der Waals surface area contributed by atoms with Crippen molar-refractivity contribution in [2.45, 2.75) is 32.6 Å². The molecule has 20 heavy (non-hydrogen) atoms. The highest BCUT2D eigenvalue weighted by Gasteiger charge is 2.30. The average molecular weight is 286 g/mol. The highest BCUT2D eigenvalue weighted by atomic mass is 19.4. The summed E-state index contributed by atoms with van der Waals surface area (Å²) >= 11 is 0. The van der Waals surface area contributed by atoms with Crippen molar-refractivity contribution in [2.75, 3.05) is 26.2 Å². The zero-order valence-electron chi connectivity index (χ0n) is 12.0. The third-order valence-corrected chi connectivity index (χ3v) is 3.82. The number of piperazine rings is 1. The second-order valence-electron chi connectivity index (χ2n) is 5.60. The molecule has 0 aromatic heterocycles. The van der Waals surface area contributed by atoms with Gasteiger partial charge in [0.2, 0.25) is 0 Å². The normalized spacial score (nSPS) is 18.7. The highest BCUT2D eigenvalue weighted by Crippen LogP contribution is 2.29. The van der Waals surface area contributed by atoms with Crippen molar-refractivity contribution in [3.8, 4) is 0 Å². The topological polar surface area (TPSA) is 6.48 Å². The molecule has 2 nitrogen and oxygen atoms in total. The van der Waals surface area contributed by atoms with Gasteiger partial charge >= 0.3 is 6.18 Å². The minimum Gasteiger partial charge on any atom is -0.298 e. The first-order valence-electron chi connectivity index (χ1n) is 6.99. The fourth-order valence-electron chi connectivity index (χ4n) is 2.50. The number of benzene rings is 1. The summed E-state index contributed by atoms with van der Waals surface area (Å²) < 4.78 is 37.4. The van der Waals surface area contributed by atoms with Gasteiger partial charge in [-0.15, -0.1) is 0 Å². The molecule has 0 aliphatic carbocycles. The van der Waals surface area contributed by atoms with E-state index >= 15 is 0 Å². The fraction of sp³-hybridized carbons (Fsp3) is 0.600. The van der Waals surface area contributed by atoms with E-state index in [1.807, 2.05) is 0 Å². The summed E-state index contributed by atoms with van der Waals surface area (Å²) in [7, 11) is 0. The number of nitrogens with zero attached hydrogens (tertiary/aromatic N) is 2. The van der Waals surface area contributed by atoms with Crippen molar-refractivity contribution >= 4 is 0 Å². The summed E-state index contributed by atoms with van der Waals surface area (Å²) in [5.41, 5.74) is 0.363. The average Bonchev–Trinajstić information content (AvgIpc) is 2.39. The number of rotatable bonds is 3. The fourth-order valence-corrected chi connectivity index (χ4v) is 2.50. The van der Waals surface area contributed by atoms with Crippen LogP contribution >= 0.6 is 0 Å². The summed E-state index contributed by atoms with van der Waals surface area (Å²) in [6.45, 7) is 9.09. The van der Waals surface area contributed by atoms with E-state index in [0.717, 1.165) is 38.3 Å². The molecule has 2 rings (SSSR count). The Labute approximate surface area is 118 Å². The predicted octanol–water partition coefficient (Wildman–Crippen LogP) is 3.23. The molecule has 0 atom stereocenters. The van der Waals surface area contributed by atoms with E-state index in [1.54, 1.807) is 12.1 Å². The van der Waals surface area contributed by atoms with E-state index in [4.69, 9.17) is 0 Å². The van der Waals surface area contributed by atoms with E-state index in [1.165, 1.54) is 12.1 Å². The standard InChI is InChI=1S/C15H21F3N2/c1-12(2)20-9-7-19(8-10-20)11-13-3-5-14(6-4-13)15(16,17)18/h3-6,12H,7-11H2,1-2H3. The Morgan fingerprint density at radius 1 is 1.00 bits per heavy atom. The second-order valence-corrected chi connectivity index (χ2v) is 5.60. The molecule has 112 valence electrons. The van der Waals surface area contributed by atoms with Crippen LogP contribution in [0, 0.1) is 0 Å². The van der Waals surface area contributed by atoms with Crippen molar-refractivity contribution in [1.29, 1.82) is 0 Å². The van der Waals surface area contributed by atoms with Crippen molar-refractivity contribution in [2.24, 2.45) is 0 Å². The third kappa shape index (κ3) is 3.96. The maximum atomic E-state index is 12.5. The molecular formula is C15H21F3N2. The Balaban J connectivity index is 1.89. The van der Waals surface area contributed by atoms with Crippen LogP contribution < -0.4 is 0 Å². The van der Waals surface area contributed by atoms with Gasteiger partial charge < -0.3 is 0 Å². The molecule has 1 saturated heterocycles. The molecule has 1 aliphatic heterocycles. The molecule has 5 heteroatoms. The van der Waals surface area contributed by atoms with Gasteiger partial charge in [-0.1, -0.05) is 12.1 Å². The van der Waals surface area contributed by atoms with Crippen LogP contribution in [0.3, 0.4) is 0 Å². The zero-order chi connectivity index (χ0) is 14.8. The van der Waals surface area contributed by atoms with Crippen LogP contribution in [0.25, 0.3) is 0 Å². The number of halogens is 3. The summed E-state index contributed by atoms with van der Waals surface area (Å²) in [4.78, 5) is 4.71. The molecule has 1 aliphatic rings. The lowest BCUT2D eigenvalue weighted by molar-refractivity contribution is -0.137. The molecule has 0 unspecified atom stereocenters. The zero-order valence-corrected chi connectivity index (χ0v) is 12.0. The SMILES string of the molecule is CC(C)N1CCN(Cc2ccc(C(F)(F)F)cc2)CC1. The number of hydrogen-bond donors (Lipinski definition) is 0. The van der Waals surface area contributed by atoms with Crippen LogP contribution in [0.5, 0.6) is 0 Å². The van der Waals surface area contributed by atoms with Crippen LogP contribution in [0.1, 0.15) is 25.0 Å². The molecule has 1 aromatic rings. The largest absolute Gasteiger partial charge is 0.416 e. The summed E-state index contributed by atoms with van der Waals surface area (Å²) in [6.07, 6.45) is -4.25. The lowest BCUT2D eigenvalue weighted by Gasteiger charge is -2.36. The Hall–Kier alpha value is -1.07. The smallest absolute Gasteiger partial charge is 0.298 e. The van der Waals surface area contributed by atoms with Crippen LogP contribution in [-0.2, 0) is 12.7 Å². The third-order valence-electron chi connectivity index (χ3n) is 3.82. The molecule has 0 saturated carbocycles. The Kier molecular flexibility index (Phi) is 4.70. The maximum Gasteiger partial charge on any atom is 0.416 e. The molecule has 0 amide bonds.